The maximum atomic E-state index is 12.5. The fourth-order valence-corrected chi connectivity index (χ4v) is 5.64. The molecule has 3 N–H and O–H groups in total. The molecule has 1 unspecified atom stereocenters. The summed E-state index contributed by atoms with van der Waals surface area (Å²) in [5, 5.41) is 12.5. The first kappa shape index (κ1) is 25.6. The molecule has 1 aromatic carbocycles. The highest BCUT2D eigenvalue weighted by Gasteiger charge is 2.45. The summed E-state index contributed by atoms with van der Waals surface area (Å²) in [5.41, 5.74) is 0.812. The van der Waals surface area contributed by atoms with E-state index in [1.54, 1.807) is 12.3 Å². The Morgan fingerprint density at radius 3 is 2.74 bits per heavy atom. The number of ether oxygens (including phenoxy) is 1. The van der Waals surface area contributed by atoms with Crippen LogP contribution in [-0.4, -0.2) is 53.4 Å². The fourth-order valence-electron chi connectivity index (χ4n) is 4.01. The highest BCUT2D eigenvalue weighted by Crippen LogP contribution is 2.39. The molecule has 15 heteroatoms. The van der Waals surface area contributed by atoms with E-state index in [4.69, 9.17) is 18.6 Å². The molecule has 1 fully saturated rings. The number of carbonyl (C=O) groups excluding carboxylic acids is 1. The van der Waals surface area contributed by atoms with Gasteiger partial charge in [-0.1, -0.05) is 30.3 Å². The van der Waals surface area contributed by atoms with Gasteiger partial charge in [0.2, 0.25) is 0 Å². The van der Waals surface area contributed by atoms with Gasteiger partial charge in [0.15, 0.2) is 19.8 Å². The Hall–Kier alpha value is -2.53. The summed E-state index contributed by atoms with van der Waals surface area (Å²) < 4.78 is 51.3. The predicted molar refractivity (Wildman–Crippen MR) is 129 cm³/mol. The molecule has 0 spiro atoms. The average molecular weight is 539 g/mol. The van der Waals surface area contributed by atoms with Crippen LogP contribution in [0.5, 0.6) is 0 Å². The number of hydrogen-bond acceptors (Lipinski definition) is 10. The van der Waals surface area contributed by atoms with Crippen LogP contribution in [0.4, 0.5) is 5.82 Å². The summed E-state index contributed by atoms with van der Waals surface area (Å²) in [6.45, 7) is -0.120. The summed E-state index contributed by atoms with van der Waals surface area (Å²) in [7, 11) is -2.21. The van der Waals surface area contributed by atoms with Crippen LogP contribution in [0.1, 0.15) is 22.5 Å². The second-order valence-electron chi connectivity index (χ2n) is 7.91. The van der Waals surface area contributed by atoms with Crippen molar-refractivity contribution in [1.29, 1.82) is 0 Å². The topological polar surface area (TPSA) is 164 Å². The largest absolute Gasteiger partial charge is 0.456 e. The molecule has 3 aromatic rings. The molecule has 12 nitrogen and oxygen atoms in total. The quantitative estimate of drug-likeness (QED) is 0.287. The van der Waals surface area contributed by atoms with E-state index in [2.05, 4.69) is 24.9 Å². The molecule has 1 aliphatic carbocycles. The van der Waals surface area contributed by atoms with Crippen molar-refractivity contribution in [2.45, 2.75) is 30.8 Å². The Morgan fingerprint density at radius 1 is 1.29 bits per heavy atom. The van der Waals surface area contributed by atoms with E-state index in [0.717, 1.165) is 5.56 Å². The molecular weight excluding hydrogens is 516 g/mol. The van der Waals surface area contributed by atoms with E-state index in [9.17, 15) is 17.8 Å². The second kappa shape index (κ2) is 11.0. The Labute approximate surface area is 205 Å². The number of nitrogens with zero attached hydrogens (tertiary/aromatic N) is 3. The summed E-state index contributed by atoms with van der Waals surface area (Å²) >= 11 is 0. The van der Waals surface area contributed by atoms with Crippen molar-refractivity contribution in [3.05, 3.63) is 59.9 Å². The molecule has 0 saturated heterocycles. The van der Waals surface area contributed by atoms with E-state index in [0.29, 0.717) is 17.9 Å². The zero-order valence-electron chi connectivity index (χ0n) is 18.3. The minimum atomic E-state index is -4.14. The maximum absolute atomic E-state index is 12.5. The van der Waals surface area contributed by atoms with E-state index in [-0.39, 0.29) is 33.4 Å². The van der Waals surface area contributed by atoms with Gasteiger partial charge in [-0.25, -0.2) is 14.9 Å². The zero-order valence-corrected chi connectivity index (χ0v) is 21.1. The lowest BCUT2D eigenvalue weighted by Gasteiger charge is -2.22. The van der Waals surface area contributed by atoms with Crippen molar-refractivity contribution in [2.24, 2.45) is 11.1 Å². The normalized spacial score (nSPS) is 22.5. The molecule has 0 amide bonds. The molecule has 186 valence electrons. The number of nitrogens with one attached hydrogen (secondary N) is 1. The Kier molecular flexibility index (Phi) is 8.05. The van der Waals surface area contributed by atoms with Gasteiger partial charge in [-0.15, -0.1) is 0 Å². The molecule has 0 radical (unpaired) electrons. The first-order valence-electron chi connectivity index (χ1n) is 10.5. The number of nitrogens with two attached hydrogens (primary N) is 1. The lowest BCUT2D eigenvalue weighted by atomic mass is 10.1. The standard InChI is InChI=1S/C20H23N5O7P2S/c21-35(28,29)31-11-13-8-14(18(32-33)19(13)34-27)23-16-6-7-22-17-9-15(24-25(16)17)20(26)30-10-12-4-2-1-3-5-12/h1-7,9,13-14,18-19,23H,8,10-11,33H2,(H2,21,28,29)/t13-,14-,18+,19-/m1/s1. The Bertz CT molecular complexity index is 1310. The van der Waals surface area contributed by atoms with Crippen LogP contribution in [0.25, 0.3) is 5.65 Å². The fraction of sp³-hybridized carbons (Fsp3) is 0.350. The number of benzene rings is 1. The van der Waals surface area contributed by atoms with Gasteiger partial charge >= 0.3 is 16.3 Å². The van der Waals surface area contributed by atoms with Crippen molar-refractivity contribution >= 4 is 45.7 Å². The van der Waals surface area contributed by atoms with Crippen molar-refractivity contribution < 1.29 is 31.2 Å². The number of carbonyl (C=O) groups is 1. The van der Waals surface area contributed by atoms with Crippen LogP contribution in [0.15, 0.2) is 48.7 Å². The van der Waals surface area contributed by atoms with Gasteiger partial charge in [-0.05, 0) is 18.1 Å². The van der Waals surface area contributed by atoms with Gasteiger partial charge in [0.1, 0.15) is 12.4 Å². The van der Waals surface area contributed by atoms with Crippen LogP contribution in [-0.2, 0) is 34.9 Å². The third-order valence-electron chi connectivity index (χ3n) is 5.61. The van der Waals surface area contributed by atoms with Crippen molar-refractivity contribution in [3.8, 4) is 0 Å². The highest BCUT2D eigenvalue weighted by atomic mass is 32.2. The third kappa shape index (κ3) is 6.19. The maximum Gasteiger partial charge on any atom is 0.359 e. The molecule has 2 heterocycles. The molecular formula is C20H23N5O7P2S. The molecule has 1 aliphatic rings. The van der Waals surface area contributed by atoms with Gasteiger partial charge in [-0.2, -0.15) is 18.0 Å². The zero-order chi connectivity index (χ0) is 25.0. The van der Waals surface area contributed by atoms with Crippen LogP contribution in [0.3, 0.4) is 0 Å². The summed E-state index contributed by atoms with van der Waals surface area (Å²) in [6, 6.07) is 12.1. The van der Waals surface area contributed by atoms with Crippen molar-refractivity contribution in [1.82, 2.24) is 14.6 Å². The van der Waals surface area contributed by atoms with Gasteiger partial charge in [-0.3, -0.25) is 8.75 Å². The number of anilines is 1. The number of hydrogen-bond donors (Lipinski definition) is 2. The van der Waals surface area contributed by atoms with Gasteiger partial charge in [0, 0.05) is 27.6 Å². The lowest BCUT2D eigenvalue weighted by molar-refractivity contribution is 0.0465. The van der Waals surface area contributed by atoms with Gasteiger partial charge in [0.25, 0.3) is 0 Å². The molecule has 0 bridgehead atoms. The minimum Gasteiger partial charge on any atom is -0.456 e. The van der Waals surface area contributed by atoms with Crippen LogP contribution in [0, 0.1) is 5.92 Å². The molecule has 4 rings (SSSR count). The Balaban J connectivity index is 1.51. The molecule has 2 aromatic heterocycles. The SMILES string of the molecule is NS(=O)(=O)OC[C@H]1C[C@@H](Nc2ccnc3cc(C(=O)OCc4ccccc4)nn23)[C@H](OP)[C@@H]1P=O. The number of esters is 1. The smallest absolute Gasteiger partial charge is 0.359 e. The minimum absolute atomic E-state index is 0.0864. The summed E-state index contributed by atoms with van der Waals surface area (Å²) in [5.74, 6) is -0.500. The number of aromatic nitrogens is 3. The first-order valence-corrected chi connectivity index (χ1v) is 13.3. The average Bonchev–Trinajstić information content (AvgIpc) is 3.43. The van der Waals surface area contributed by atoms with Crippen LogP contribution in [0.2, 0.25) is 0 Å². The highest BCUT2D eigenvalue weighted by molar-refractivity contribution is 7.84. The summed E-state index contributed by atoms with van der Waals surface area (Å²) in [4.78, 5) is 16.8. The van der Waals surface area contributed by atoms with Crippen LogP contribution < -0.4 is 10.5 Å². The first-order chi connectivity index (χ1) is 16.8. The predicted octanol–water partition coefficient (Wildman–Crippen LogP) is 1.94. The van der Waals surface area contributed by atoms with E-state index < -0.39 is 34.0 Å². The van der Waals surface area contributed by atoms with Crippen LogP contribution >= 0.6 is 17.9 Å². The molecule has 1 saturated carbocycles. The van der Waals surface area contributed by atoms with Gasteiger partial charge < -0.3 is 14.6 Å². The van der Waals surface area contributed by atoms with E-state index in [1.807, 2.05) is 30.3 Å². The number of fused-ring (bicyclic) bond motifs is 1. The van der Waals surface area contributed by atoms with Crippen molar-refractivity contribution in [2.75, 3.05) is 11.9 Å². The van der Waals surface area contributed by atoms with E-state index >= 15 is 0 Å². The van der Waals surface area contributed by atoms with E-state index in [1.165, 1.54) is 10.6 Å². The second-order valence-corrected chi connectivity index (χ2v) is 10.2. The number of rotatable bonds is 10. The molecule has 5 atom stereocenters. The Morgan fingerprint density at radius 2 is 2.06 bits per heavy atom. The monoisotopic (exact) mass is 539 g/mol. The van der Waals surface area contributed by atoms with Gasteiger partial charge in [0.05, 0.1) is 24.4 Å². The third-order valence-corrected chi connectivity index (χ3v) is 7.35. The molecule has 0 aliphatic heterocycles. The van der Waals surface area contributed by atoms with Crippen molar-refractivity contribution in [3.63, 3.8) is 0 Å². The molecule has 35 heavy (non-hydrogen) atoms. The summed E-state index contributed by atoms with van der Waals surface area (Å²) in [6.07, 6.45) is 1.38. The lowest BCUT2D eigenvalue weighted by Crippen LogP contribution is -2.34.